The first-order chi connectivity index (χ1) is 9.99. The number of hydrogen-bond acceptors (Lipinski definition) is 2. The quantitative estimate of drug-likeness (QED) is 0.835. The first kappa shape index (κ1) is 15.8. The molecule has 1 aliphatic carbocycles. The maximum absolute atomic E-state index is 3.79. The molecule has 2 nitrogen and oxygen atoms in total. The van der Waals surface area contributed by atoms with E-state index in [0.717, 1.165) is 30.1 Å². The second-order valence-electron chi connectivity index (χ2n) is 8.78. The first-order valence-electron chi connectivity index (χ1n) is 9.47. The number of nitrogens with one attached hydrogen (secondary N) is 1. The van der Waals surface area contributed by atoms with Crippen molar-refractivity contribution in [3.8, 4) is 0 Å². The van der Waals surface area contributed by atoms with Crippen molar-refractivity contribution >= 4 is 0 Å². The minimum absolute atomic E-state index is 0.553. The molecule has 2 atom stereocenters. The van der Waals surface area contributed by atoms with Gasteiger partial charge in [0.05, 0.1) is 0 Å². The van der Waals surface area contributed by atoms with Crippen molar-refractivity contribution in [2.24, 2.45) is 11.3 Å². The van der Waals surface area contributed by atoms with E-state index >= 15 is 0 Å². The van der Waals surface area contributed by atoms with E-state index in [4.69, 9.17) is 0 Å². The van der Waals surface area contributed by atoms with Gasteiger partial charge in [-0.25, -0.2) is 0 Å². The van der Waals surface area contributed by atoms with Crippen LogP contribution in [-0.4, -0.2) is 36.1 Å². The fourth-order valence-corrected chi connectivity index (χ4v) is 5.21. The fraction of sp³-hybridized carbons (Fsp3) is 1.00. The largest absolute Gasteiger partial charge is 0.311 e. The van der Waals surface area contributed by atoms with Crippen molar-refractivity contribution in [1.29, 1.82) is 0 Å². The van der Waals surface area contributed by atoms with Gasteiger partial charge in [-0.05, 0) is 69.7 Å². The molecule has 3 rings (SSSR count). The van der Waals surface area contributed by atoms with Gasteiger partial charge < -0.3 is 10.2 Å². The highest BCUT2D eigenvalue weighted by Crippen LogP contribution is 2.42. The van der Waals surface area contributed by atoms with Crippen LogP contribution in [0, 0.1) is 11.3 Å². The van der Waals surface area contributed by atoms with Gasteiger partial charge in [0.25, 0.3) is 0 Å². The van der Waals surface area contributed by atoms with E-state index in [1.807, 2.05) is 0 Å². The topological polar surface area (TPSA) is 15.3 Å². The molecule has 21 heavy (non-hydrogen) atoms. The third-order valence-corrected chi connectivity index (χ3v) is 7.31. The molecule has 1 N–H and O–H groups in total. The Kier molecular flexibility index (Phi) is 4.66. The van der Waals surface area contributed by atoms with Crippen molar-refractivity contribution in [1.82, 2.24) is 10.2 Å². The number of hydrogen-bond donors (Lipinski definition) is 1. The van der Waals surface area contributed by atoms with Crippen molar-refractivity contribution in [2.45, 2.75) is 103 Å². The molecule has 3 fully saturated rings. The van der Waals surface area contributed by atoms with Crippen LogP contribution in [0.15, 0.2) is 0 Å². The van der Waals surface area contributed by atoms with E-state index in [9.17, 15) is 0 Å². The summed E-state index contributed by atoms with van der Waals surface area (Å²) in [5.41, 5.74) is 0.553. The van der Waals surface area contributed by atoms with Crippen LogP contribution in [0.25, 0.3) is 0 Å². The standard InChI is InChI=1S/C19H36N2/c1-5-19(2,3)14-6-10-17(11-7-14)21(4)18-12-15-8-9-16(13-18)20-15/h14-18,20H,5-13H2,1-4H3. The van der Waals surface area contributed by atoms with Crippen molar-refractivity contribution in [3.05, 3.63) is 0 Å². The number of piperidine rings is 1. The maximum atomic E-state index is 3.79. The Hall–Kier alpha value is -0.0800. The molecular weight excluding hydrogens is 256 g/mol. The Morgan fingerprint density at radius 3 is 2.00 bits per heavy atom. The van der Waals surface area contributed by atoms with Crippen LogP contribution in [-0.2, 0) is 0 Å². The van der Waals surface area contributed by atoms with E-state index in [0.29, 0.717) is 5.41 Å². The highest BCUT2D eigenvalue weighted by Gasteiger charge is 2.38. The van der Waals surface area contributed by atoms with Crippen LogP contribution in [0.5, 0.6) is 0 Å². The van der Waals surface area contributed by atoms with Crippen LogP contribution in [0.2, 0.25) is 0 Å². The molecule has 0 aromatic rings. The van der Waals surface area contributed by atoms with Gasteiger partial charge in [0.15, 0.2) is 0 Å². The van der Waals surface area contributed by atoms with Gasteiger partial charge in [-0.15, -0.1) is 0 Å². The summed E-state index contributed by atoms with van der Waals surface area (Å²) in [6.07, 6.45) is 12.7. The predicted molar refractivity (Wildman–Crippen MR) is 90.5 cm³/mol. The summed E-state index contributed by atoms with van der Waals surface area (Å²) >= 11 is 0. The van der Waals surface area contributed by atoms with E-state index in [2.05, 4.69) is 38.0 Å². The average molecular weight is 293 g/mol. The molecule has 122 valence electrons. The lowest BCUT2D eigenvalue weighted by Gasteiger charge is -2.45. The van der Waals surface area contributed by atoms with Gasteiger partial charge >= 0.3 is 0 Å². The molecule has 2 aliphatic heterocycles. The summed E-state index contributed by atoms with van der Waals surface area (Å²) < 4.78 is 0. The van der Waals surface area contributed by atoms with E-state index in [1.54, 1.807) is 0 Å². The van der Waals surface area contributed by atoms with Crippen molar-refractivity contribution < 1.29 is 0 Å². The molecule has 2 heterocycles. The Labute approximate surface area is 132 Å². The number of rotatable bonds is 4. The van der Waals surface area contributed by atoms with E-state index in [1.165, 1.54) is 57.8 Å². The molecule has 3 aliphatic rings. The zero-order valence-electron chi connectivity index (χ0n) is 14.7. The Bertz CT molecular complexity index is 331. The number of nitrogens with zero attached hydrogens (tertiary/aromatic N) is 1. The summed E-state index contributed by atoms with van der Waals surface area (Å²) in [7, 11) is 2.42. The molecule has 0 aromatic carbocycles. The Morgan fingerprint density at radius 1 is 0.905 bits per heavy atom. The maximum Gasteiger partial charge on any atom is 0.0125 e. The fourth-order valence-electron chi connectivity index (χ4n) is 5.21. The predicted octanol–water partition coefficient (Wildman–Crippen LogP) is 4.20. The Balaban J connectivity index is 1.52. The second kappa shape index (κ2) is 6.20. The zero-order valence-corrected chi connectivity index (χ0v) is 14.7. The third kappa shape index (κ3) is 3.32. The Morgan fingerprint density at radius 2 is 1.48 bits per heavy atom. The highest BCUT2D eigenvalue weighted by molar-refractivity contribution is 4.97. The molecule has 2 saturated heterocycles. The van der Waals surface area contributed by atoms with Gasteiger partial charge in [0.2, 0.25) is 0 Å². The van der Waals surface area contributed by atoms with Gasteiger partial charge in [0, 0.05) is 24.2 Å². The normalized spacial score (nSPS) is 40.7. The minimum Gasteiger partial charge on any atom is -0.311 e. The van der Waals surface area contributed by atoms with Gasteiger partial charge in [0.1, 0.15) is 0 Å². The summed E-state index contributed by atoms with van der Waals surface area (Å²) in [6, 6.07) is 3.36. The lowest BCUT2D eigenvalue weighted by molar-refractivity contribution is 0.0610. The van der Waals surface area contributed by atoms with Crippen molar-refractivity contribution in [2.75, 3.05) is 7.05 Å². The van der Waals surface area contributed by atoms with Crippen LogP contribution in [0.4, 0.5) is 0 Å². The zero-order chi connectivity index (χ0) is 15.0. The van der Waals surface area contributed by atoms with Crippen molar-refractivity contribution in [3.63, 3.8) is 0 Å². The summed E-state index contributed by atoms with van der Waals surface area (Å²) in [6.45, 7) is 7.32. The van der Waals surface area contributed by atoms with Gasteiger partial charge in [-0.1, -0.05) is 27.2 Å². The summed E-state index contributed by atoms with van der Waals surface area (Å²) in [5, 5.41) is 3.79. The molecule has 1 saturated carbocycles. The highest BCUT2D eigenvalue weighted by atomic mass is 15.2. The second-order valence-corrected chi connectivity index (χ2v) is 8.78. The molecule has 0 radical (unpaired) electrons. The molecule has 2 heteroatoms. The monoisotopic (exact) mass is 292 g/mol. The average Bonchev–Trinajstić information content (AvgIpc) is 2.85. The minimum atomic E-state index is 0.553. The smallest absolute Gasteiger partial charge is 0.0125 e. The van der Waals surface area contributed by atoms with Gasteiger partial charge in [-0.2, -0.15) is 0 Å². The lowest BCUT2D eigenvalue weighted by atomic mass is 9.68. The lowest BCUT2D eigenvalue weighted by Crippen LogP contribution is -2.51. The summed E-state index contributed by atoms with van der Waals surface area (Å²) in [4.78, 5) is 2.78. The molecule has 0 aromatic heterocycles. The molecular formula is C19H36N2. The van der Waals surface area contributed by atoms with E-state index < -0.39 is 0 Å². The van der Waals surface area contributed by atoms with E-state index in [-0.39, 0.29) is 0 Å². The molecule has 2 unspecified atom stereocenters. The van der Waals surface area contributed by atoms with Crippen LogP contribution in [0.1, 0.15) is 78.6 Å². The first-order valence-corrected chi connectivity index (χ1v) is 9.47. The van der Waals surface area contributed by atoms with Crippen LogP contribution < -0.4 is 5.32 Å². The molecule has 0 spiro atoms. The molecule has 2 bridgehead atoms. The van der Waals surface area contributed by atoms with Crippen LogP contribution in [0.3, 0.4) is 0 Å². The van der Waals surface area contributed by atoms with Gasteiger partial charge in [-0.3, -0.25) is 0 Å². The number of fused-ring (bicyclic) bond motifs is 2. The molecule has 0 amide bonds. The SMILES string of the molecule is CCC(C)(C)C1CCC(N(C)C2CC3CCC(C2)N3)CC1. The van der Waals surface area contributed by atoms with Crippen LogP contribution >= 0.6 is 0 Å². The third-order valence-electron chi connectivity index (χ3n) is 7.31. The summed E-state index contributed by atoms with van der Waals surface area (Å²) in [5.74, 6) is 0.955.